The van der Waals surface area contributed by atoms with Crippen molar-refractivity contribution in [2.24, 2.45) is 5.92 Å². The summed E-state index contributed by atoms with van der Waals surface area (Å²) in [6, 6.07) is 11.2. The number of aliphatic hydroxyl groups is 1. The minimum absolute atomic E-state index is 0.00279. The molecule has 8 N–H and O–H groups in total. The van der Waals surface area contributed by atoms with E-state index in [2.05, 4.69) is 61.0 Å². The normalized spacial score (nSPS) is 27.9. The molecule has 23 heteroatoms. The third kappa shape index (κ3) is 13.5. The fourth-order valence-corrected chi connectivity index (χ4v) is 12.4. The zero-order valence-electron chi connectivity index (χ0n) is 41.6. The lowest BCUT2D eigenvalue weighted by Crippen LogP contribution is -2.67. The lowest BCUT2D eigenvalue weighted by Gasteiger charge is -2.47. The van der Waals surface area contributed by atoms with Crippen LogP contribution in [0.25, 0.3) is 0 Å². The van der Waals surface area contributed by atoms with Crippen LogP contribution in [-0.4, -0.2) is 224 Å². The molecule has 0 aromatic heterocycles. The standard InChI is InChI=1S/C48H73N13O8S2/c1-30-25-51-46(66)54-43(30)70-29-42(63)61-31(2)37-11-10-36(68-5)22-32(37)23-39(61)45(65)60-18-16-58(17-19-60)40-27-49-38(26-50-40)44(64)57(4)20-21-69-35-8-6-33(7-9-35)52-47(67)55-48-53-34(28-71-48)24-41(62)59-14-12-56(3)13-15-59/h6-11,22,30-31,34,38-40,42-43,48-50,53,63H,12-21,23-29H2,1-5H3,(H2,51,54,66)(H2,52,55,67)/t30?,31-,34?,38?,39-,40?,42?,43?,48?/m1/s1. The Morgan fingerprint density at radius 2 is 1.68 bits per heavy atom. The highest BCUT2D eigenvalue weighted by Gasteiger charge is 2.43. The van der Waals surface area contributed by atoms with Gasteiger partial charge in [-0.15, -0.1) is 23.5 Å². The maximum atomic E-state index is 14.5. The molecular weight excluding hydrogens is 951 g/mol. The van der Waals surface area contributed by atoms with Gasteiger partial charge in [0, 0.05) is 121 Å². The molecule has 7 amide bonds. The van der Waals surface area contributed by atoms with E-state index in [0.29, 0.717) is 82.4 Å². The van der Waals surface area contributed by atoms with Crippen LogP contribution in [0.3, 0.4) is 0 Å². The van der Waals surface area contributed by atoms with Crippen LogP contribution in [0, 0.1) is 5.92 Å². The number of hydrogen-bond acceptors (Lipinski definition) is 16. The Morgan fingerprint density at radius 3 is 2.39 bits per heavy atom. The van der Waals surface area contributed by atoms with Gasteiger partial charge in [0.1, 0.15) is 29.8 Å². The van der Waals surface area contributed by atoms with E-state index in [9.17, 15) is 29.1 Å². The van der Waals surface area contributed by atoms with E-state index >= 15 is 0 Å². The smallest absolute Gasteiger partial charge is 0.321 e. The van der Waals surface area contributed by atoms with Gasteiger partial charge in [0.2, 0.25) is 17.7 Å². The van der Waals surface area contributed by atoms with Crippen LogP contribution in [0.15, 0.2) is 42.5 Å². The number of urea groups is 2. The second-order valence-corrected chi connectivity index (χ2v) is 21.7. The molecule has 9 atom stereocenters. The average molecular weight is 1020 g/mol. The molecule has 0 spiro atoms. The predicted octanol–water partition coefficient (Wildman–Crippen LogP) is 0.153. The lowest BCUT2D eigenvalue weighted by molar-refractivity contribution is -0.147. The molecule has 0 saturated carbocycles. The largest absolute Gasteiger partial charge is 0.497 e. The van der Waals surface area contributed by atoms with Crippen molar-refractivity contribution in [3.8, 4) is 11.5 Å². The van der Waals surface area contributed by atoms with Crippen molar-refractivity contribution in [2.45, 2.75) is 74.1 Å². The van der Waals surface area contributed by atoms with Gasteiger partial charge in [0.25, 0.3) is 0 Å². The number of hydrogen-bond donors (Lipinski definition) is 8. The van der Waals surface area contributed by atoms with Crippen molar-refractivity contribution < 1.29 is 38.6 Å². The van der Waals surface area contributed by atoms with E-state index in [1.54, 1.807) is 55.1 Å². The van der Waals surface area contributed by atoms with Crippen LogP contribution in [0.5, 0.6) is 11.5 Å². The van der Waals surface area contributed by atoms with Crippen molar-refractivity contribution in [3.05, 3.63) is 53.6 Å². The van der Waals surface area contributed by atoms with E-state index in [1.807, 2.05) is 39.8 Å². The number of thioether (sulfide) groups is 2. The maximum Gasteiger partial charge on any atom is 0.321 e. The Morgan fingerprint density at radius 1 is 0.944 bits per heavy atom. The highest BCUT2D eigenvalue weighted by Crippen LogP contribution is 2.38. The number of methoxy groups -OCH3 is 1. The fraction of sp³-hybridized carbons (Fsp3) is 0.646. The number of aliphatic hydroxyl groups excluding tert-OH is 1. The Bertz CT molecular complexity index is 2160. The van der Waals surface area contributed by atoms with Crippen LogP contribution in [0.1, 0.15) is 37.4 Å². The van der Waals surface area contributed by atoms with E-state index in [4.69, 9.17) is 9.47 Å². The predicted molar refractivity (Wildman–Crippen MR) is 274 cm³/mol. The molecule has 0 bridgehead atoms. The maximum absolute atomic E-state index is 14.5. The molecule has 71 heavy (non-hydrogen) atoms. The van der Waals surface area contributed by atoms with Gasteiger partial charge in [-0.25, -0.2) is 9.59 Å². The number of carbonyl (C=O) groups is 5. The monoisotopic (exact) mass is 1020 g/mol. The summed E-state index contributed by atoms with van der Waals surface area (Å²) in [5, 5.41) is 33.6. The first-order valence-electron chi connectivity index (χ1n) is 24.9. The lowest BCUT2D eigenvalue weighted by atomic mass is 9.87. The average Bonchev–Trinajstić information content (AvgIpc) is 3.82. The number of nitrogens with zero attached hydrogens (tertiary/aromatic N) is 6. The van der Waals surface area contributed by atoms with Crippen LogP contribution >= 0.6 is 23.5 Å². The van der Waals surface area contributed by atoms with E-state index in [0.717, 1.165) is 48.8 Å². The first kappa shape index (κ1) is 52.7. The molecule has 6 aliphatic heterocycles. The van der Waals surface area contributed by atoms with Crippen molar-refractivity contribution >= 4 is 59.0 Å². The molecule has 6 heterocycles. The van der Waals surface area contributed by atoms with Crippen LogP contribution in [0.2, 0.25) is 0 Å². The Hall–Kier alpha value is -4.59. The van der Waals surface area contributed by atoms with Crippen LogP contribution < -0.4 is 46.7 Å². The minimum atomic E-state index is -0.922. The molecule has 0 radical (unpaired) electrons. The first-order valence-corrected chi connectivity index (χ1v) is 27.0. The van der Waals surface area contributed by atoms with E-state index in [-0.39, 0.29) is 71.4 Å². The zero-order valence-corrected chi connectivity index (χ0v) is 43.2. The van der Waals surface area contributed by atoms with Gasteiger partial charge < -0.3 is 60.8 Å². The number of likely N-dealkylation sites (N-methyl/N-ethyl adjacent to an activating group) is 2. The Kier molecular flexibility index (Phi) is 18.1. The second-order valence-electron chi connectivity index (χ2n) is 19.4. The quantitative estimate of drug-likeness (QED) is 0.112. The van der Waals surface area contributed by atoms with Crippen LogP contribution in [0.4, 0.5) is 15.3 Å². The molecule has 21 nitrogen and oxygen atoms in total. The summed E-state index contributed by atoms with van der Waals surface area (Å²) in [6.07, 6.45) is -0.0699. The molecule has 6 aliphatic rings. The Labute approximate surface area is 425 Å². The molecule has 2 aromatic rings. The van der Waals surface area contributed by atoms with Gasteiger partial charge in [-0.05, 0) is 67.9 Å². The van der Waals surface area contributed by atoms with Crippen molar-refractivity contribution in [2.75, 3.05) is 123 Å². The second kappa shape index (κ2) is 24.4. The summed E-state index contributed by atoms with van der Waals surface area (Å²) in [7, 11) is 5.46. The molecular formula is C48H73N13O8S2. The number of carbonyl (C=O) groups excluding carboxylic acids is 5. The summed E-state index contributed by atoms with van der Waals surface area (Å²) < 4.78 is 11.5. The molecule has 5 saturated heterocycles. The molecule has 0 aliphatic carbocycles. The molecule has 5 fully saturated rings. The number of amides is 7. The van der Waals surface area contributed by atoms with Gasteiger partial charge in [0.05, 0.1) is 37.3 Å². The number of fused-ring (bicyclic) bond motifs is 1. The van der Waals surface area contributed by atoms with Crippen molar-refractivity contribution in [3.63, 3.8) is 0 Å². The van der Waals surface area contributed by atoms with Crippen molar-refractivity contribution in [1.82, 2.24) is 61.3 Å². The molecule has 7 unspecified atom stereocenters. The summed E-state index contributed by atoms with van der Waals surface area (Å²) >= 11 is 3.07. The number of rotatable bonds is 16. The number of anilines is 1. The molecule has 2 aromatic carbocycles. The van der Waals surface area contributed by atoms with E-state index < -0.39 is 18.3 Å². The third-order valence-electron chi connectivity index (χ3n) is 14.5. The van der Waals surface area contributed by atoms with Crippen LogP contribution in [-0.2, 0) is 20.8 Å². The first-order chi connectivity index (χ1) is 34.2. The number of nitrogens with one attached hydrogen (secondary N) is 7. The SMILES string of the molecule is COc1ccc2c(c1)C[C@H](C(=O)N1CCN(C3CNC(C(=O)N(C)CCOc4ccc(NC(=O)NC5NC(CC(=O)N6CCN(C)CC6)CS5)cc4)CN3)CC1)N(C(O)CSC1NC(=O)NCC1C)[C@@H]2C. The zero-order chi connectivity index (χ0) is 50.2. The van der Waals surface area contributed by atoms with Gasteiger partial charge >= 0.3 is 12.1 Å². The fourth-order valence-electron chi connectivity index (χ4n) is 10.1. The summed E-state index contributed by atoms with van der Waals surface area (Å²) in [5.41, 5.74) is 2.40. The summed E-state index contributed by atoms with van der Waals surface area (Å²) in [5.74, 6) is 2.68. The highest BCUT2D eigenvalue weighted by molar-refractivity contribution is 8.00. The number of ether oxygens (including phenoxy) is 2. The van der Waals surface area contributed by atoms with Gasteiger partial charge in [-0.3, -0.25) is 34.8 Å². The number of piperazine rings is 3. The van der Waals surface area contributed by atoms with Gasteiger partial charge in [-0.2, -0.15) is 0 Å². The van der Waals surface area contributed by atoms with Gasteiger partial charge in [0.15, 0.2) is 0 Å². The molecule has 8 rings (SSSR count). The topological polar surface area (TPSA) is 228 Å². The minimum Gasteiger partial charge on any atom is -0.497 e. The molecule has 390 valence electrons. The third-order valence-corrected chi connectivity index (χ3v) is 17.1. The van der Waals surface area contributed by atoms with Gasteiger partial charge in [-0.1, -0.05) is 13.0 Å². The Balaban J connectivity index is 0.734. The van der Waals surface area contributed by atoms with Crippen molar-refractivity contribution in [1.29, 1.82) is 0 Å². The summed E-state index contributed by atoms with van der Waals surface area (Å²) in [4.78, 5) is 77.5. The number of benzene rings is 2. The highest BCUT2D eigenvalue weighted by atomic mass is 32.2. The van der Waals surface area contributed by atoms with E-state index in [1.165, 1.54) is 11.8 Å². The summed E-state index contributed by atoms with van der Waals surface area (Å²) in [6.45, 7) is 12.0.